The Bertz CT molecular complexity index is 450. The summed E-state index contributed by atoms with van der Waals surface area (Å²) in [6.45, 7) is 2.85. The van der Waals surface area contributed by atoms with Crippen molar-refractivity contribution in [3.8, 4) is 11.5 Å². The Morgan fingerprint density at radius 2 is 2.20 bits per heavy atom. The molecule has 110 valence electrons. The van der Waals surface area contributed by atoms with Crippen molar-refractivity contribution < 1.29 is 19.0 Å². The number of aldehydes is 1. The summed E-state index contributed by atoms with van der Waals surface area (Å²) in [7, 11) is 1.56. The van der Waals surface area contributed by atoms with E-state index in [0.717, 1.165) is 56.3 Å². The van der Waals surface area contributed by atoms with Gasteiger partial charge in [-0.3, -0.25) is 4.79 Å². The number of carbonyl (C=O) groups is 1. The quantitative estimate of drug-likeness (QED) is 0.748. The third-order valence-corrected chi connectivity index (χ3v) is 3.46. The predicted octanol–water partition coefficient (Wildman–Crippen LogP) is 3.37. The Morgan fingerprint density at radius 1 is 1.35 bits per heavy atom. The summed E-state index contributed by atoms with van der Waals surface area (Å²) in [5, 5.41) is 0. The minimum atomic E-state index is -0.189. The monoisotopic (exact) mass is 278 g/mol. The fraction of sp³-hybridized carbons (Fsp3) is 0.562. The lowest BCUT2D eigenvalue weighted by atomic mass is 10.0. The lowest BCUT2D eigenvalue weighted by Gasteiger charge is -2.25. The van der Waals surface area contributed by atoms with Crippen molar-refractivity contribution in [2.45, 2.75) is 45.3 Å². The largest absolute Gasteiger partial charge is 0.496 e. The van der Waals surface area contributed by atoms with Crippen molar-refractivity contribution in [1.29, 1.82) is 0 Å². The molecule has 0 spiro atoms. The van der Waals surface area contributed by atoms with Crippen LogP contribution in [-0.4, -0.2) is 26.3 Å². The lowest BCUT2D eigenvalue weighted by molar-refractivity contribution is -0.106. The van der Waals surface area contributed by atoms with Gasteiger partial charge in [-0.05, 0) is 30.9 Å². The Balaban J connectivity index is 2.25. The molecule has 0 radical (unpaired) electrons. The summed E-state index contributed by atoms with van der Waals surface area (Å²) in [6, 6.07) is 3.65. The molecule has 2 rings (SSSR count). The molecular formula is C16H22O4. The lowest BCUT2D eigenvalue weighted by Crippen LogP contribution is -2.25. The molecule has 1 aromatic rings. The highest BCUT2D eigenvalue weighted by Crippen LogP contribution is 2.31. The maximum atomic E-state index is 11.1. The maximum absolute atomic E-state index is 11.1. The number of hydrogen-bond donors (Lipinski definition) is 0. The molecule has 1 fully saturated rings. The van der Waals surface area contributed by atoms with Crippen LogP contribution in [-0.2, 0) is 11.2 Å². The van der Waals surface area contributed by atoms with Crippen molar-refractivity contribution >= 4 is 6.29 Å². The summed E-state index contributed by atoms with van der Waals surface area (Å²) in [4.78, 5) is 11.1. The van der Waals surface area contributed by atoms with E-state index in [1.807, 2.05) is 6.07 Å². The van der Waals surface area contributed by atoms with Gasteiger partial charge in [0.05, 0.1) is 19.3 Å². The molecule has 0 aromatic heterocycles. The van der Waals surface area contributed by atoms with E-state index in [1.165, 1.54) is 0 Å². The maximum Gasteiger partial charge on any atom is 0.199 e. The molecule has 0 unspecified atom stereocenters. The highest BCUT2D eigenvalue weighted by Gasteiger charge is 2.18. The Kier molecular flexibility index (Phi) is 5.41. The van der Waals surface area contributed by atoms with E-state index in [-0.39, 0.29) is 6.29 Å². The second-order valence-electron chi connectivity index (χ2n) is 4.98. The van der Waals surface area contributed by atoms with Crippen LogP contribution in [0, 0.1) is 0 Å². The predicted molar refractivity (Wildman–Crippen MR) is 76.6 cm³/mol. The molecule has 4 heteroatoms. The number of ether oxygens (including phenoxy) is 3. The first kappa shape index (κ1) is 14.9. The van der Waals surface area contributed by atoms with Gasteiger partial charge in [0.15, 0.2) is 12.6 Å². The summed E-state index contributed by atoms with van der Waals surface area (Å²) in [5.74, 6) is 1.31. The van der Waals surface area contributed by atoms with E-state index in [2.05, 4.69) is 6.92 Å². The van der Waals surface area contributed by atoms with Gasteiger partial charge in [0.2, 0.25) is 0 Å². The van der Waals surface area contributed by atoms with E-state index in [0.29, 0.717) is 11.3 Å². The normalized spacial score (nSPS) is 18.6. The van der Waals surface area contributed by atoms with Gasteiger partial charge in [0.1, 0.15) is 11.5 Å². The van der Waals surface area contributed by atoms with Crippen molar-refractivity contribution in [2.24, 2.45) is 0 Å². The van der Waals surface area contributed by atoms with Crippen LogP contribution in [0.2, 0.25) is 0 Å². The Morgan fingerprint density at radius 3 is 2.80 bits per heavy atom. The average molecular weight is 278 g/mol. The van der Waals surface area contributed by atoms with Crippen LogP contribution in [0.3, 0.4) is 0 Å². The number of hydrogen-bond acceptors (Lipinski definition) is 4. The van der Waals surface area contributed by atoms with Crippen molar-refractivity contribution in [3.05, 3.63) is 23.3 Å². The molecule has 0 bridgehead atoms. The molecule has 0 aliphatic carbocycles. The van der Waals surface area contributed by atoms with Crippen molar-refractivity contribution in [3.63, 3.8) is 0 Å². The molecule has 0 saturated carbocycles. The zero-order chi connectivity index (χ0) is 14.4. The van der Waals surface area contributed by atoms with Gasteiger partial charge in [-0.15, -0.1) is 0 Å². The van der Waals surface area contributed by atoms with Crippen LogP contribution in [0.1, 0.15) is 48.5 Å². The van der Waals surface area contributed by atoms with Gasteiger partial charge in [0.25, 0.3) is 0 Å². The molecule has 1 saturated heterocycles. The van der Waals surface area contributed by atoms with Gasteiger partial charge < -0.3 is 14.2 Å². The highest BCUT2D eigenvalue weighted by molar-refractivity contribution is 5.80. The van der Waals surface area contributed by atoms with E-state index in [1.54, 1.807) is 13.2 Å². The zero-order valence-electron chi connectivity index (χ0n) is 12.2. The number of aryl methyl sites for hydroxylation is 1. The fourth-order valence-corrected chi connectivity index (χ4v) is 2.41. The van der Waals surface area contributed by atoms with Crippen LogP contribution in [0.15, 0.2) is 12.1 Å². The van der Waals surface area contributed by atoms with E-state index in [9.17, 15) is 4.79 Å². The van der Waals surface area contributed by atoms with E-state index >= 15 is 0 Å². The molecule has 1 aliphatic heterocycles. The zero-order valence-corrected chi connectivity index (χ0v) is 12.2. The molecule has 4 nitrogen and oxygen atoms in total. The van der Waals surface area contributed by atoms with Gasteiger partial charge >= 0.3 is 0 Å². The molecule has 0 N–H and O–H groups in total. The number of methoxy groups -OCH3 is 1. The van der Waals surface area contributed by atoms with E-state index in [4.69, 9.17) is 14.2 Å². The molecule has 1 atom stereocenters. The number of carbonyl (C=O) groups excluding carboxylic acids is 1. The van der Waals surface area contributed by atoms with Crippen molar-refractivity contribution in [1.82, 2.24) is 0 Å². The summed E-state index contributed by atoms with van der Waals surface area (Å²) in [6.07, 6.45) is 5.61. The first-order valence-corrected chi connectivity index (χ1v) is 7.22. The second-order valence-corrected chi connectivity index (χ2v) is 4.98. The SMILES string of the molecule is CCCc1cc(C=O)c(OC)cc1O[C@@H]1CCCCO1. The highest BCUT2D eigenvalue weighted by atomic mass is 16.7. The van der Waals surface area contributed by atoms with Gasteiger partial charge in [0, 0.05) is 12.5 Å². The summed E-state index contributed by atoms with van der Waals surface area (Å²) < 4.78 is 16.8. The van der Waals surface area contributed by atoms with Crippen LogP contribution >= 0.6 is 0 Å². The fourth-order valence-electron chi connectivity index (χ4n) is 2.41. The molecule has 1 aromatic carbocycles. The van der Waals surface area contributed by atoms with Crippen LogP contribution in [0.25, 0.3) is 0 Å². The summed E-state index contributed by atoms with van der Waals surface area (Å²) in [5.41, 5.74) is 1.59. The first-order valence-electron chi connectivity index (χ1n) is 7.22. The van der Waals surface area contributed by atoms with Gasteiger partial charge in [-0.25, -0.2) is 0 Å². The second kappa shape index (κ2) is 7.29. The molecule has 20 heavy (non-hydrogen) atoms. The number of rotatable bonds is 6. The molecular weight excluding hydrogens is 256 g/mol. The van der Waals surface area contributed by atoms with E-state index < -0.39 is 0 Å². The van der Waals surface area contributed by atoms with Crippen LogP contribution in [0.4, 0.5) is 0 Å². The number of benzene rings is 1. The molecule has 1 heterocycles. The minimum absolute atomic E-state index is 0.189. The third kappa shape index (κ3) is 3.51. The van der Waals surface area contributed by atoms with Crippen LogP contribution < -0.4 is 9.47 Å². The van der Waals surface area contributed by atoms with Crippen molar-refractivity contribution in [2.75, 3.05) is 13.7 Å². The van der Waals surface area contributed by atoms with Crippen LogP contribution in [0.5, 0.6) is 11.5 Å². The third-order valence-electron chi connectivity index (χ3n) is 3.46. The summed E-state index contributed by atoms with van der Waals surface area (Å²) >= 11 is 0. The molecule has 1 aliphatic rings. The average Bonchev–Trinajstić information content (AvgIpc) is 2.49. The standard InChI is InChI=1S/C16H22O4/c1-3-6-12-9-13(11-17)14(18-2)10-15(12)20-16-7-4-5-8-19-16/h9-11,16H,3-8H2,1-2H3/t16-/m1/s1. The Hall–Kier alpha value is -1.55. The molecule has 0 amide bonds. The first-order chi connectivity index (χ1) is 9.78. The Labute approximate surface area is 120 Å². The van der Waals surface area contributed by atoms with Gasteiger partial charge in [-0.2, -0.15) is 0 Å². The smallest absolute Gasteiger partial charge is 0.199 e. The van der Waals surface area contributed by atoms with Gasteiger partial charge in [-0.1, -0.05) is 13.3 Å². The minimum Gasteiger partial charge on any atom is -0.496 e. The topological polar surface area (TPSA) is 44.8 Å².